The normalized spacial score (nSPS) is 18.5. The van der Waals surface area contributed by atoms with Crippen LogP contribution in [0.3, 0.4) is 0 Å². The Morgan fingerprint density at radius 3 is 2.40 bits per heavy atom. The third kappa shape index (κ3) is 2.45. The molecule has 1 aliphatic heterocycles. The average molecular weight is 205 g/mol. The fourth-order valence-electron chi connectivity index (χ4n) is 2.00. The molecule has 81 valence electrons. The number of piperidine rings is 1. The minimum Gasteiger partial charge on any atom is -0.341 e. The molecule has 0 unspecified atom stereocenters. The van der Waals surface area contributed by atoms with E-state index in [1.807, 2.05) is 0 Å². The van der Waals surface area contributed by atoms with Crippen LogP contribution in [0, 0.1) is 6.07 Å². The van der Waals surface area contributed by atoms with E-state index >= 15 is 0 Å². The van der Waals surface area contributed by atoms with E-state index < -0.39 is 0 Å². The summed E-state index contributed by atoms with van der Waals surface area (Å²) in [6.07, 6.45) is 5.74. The Balaban J connectivity index is 1.94. The maximum atomic E-state index is 4.22. The van der Waals surface area contributed by atoms with Gasteiger partial charge in [0.05, 0.1) is 0 Å². The summed E-state index contributed by atoms with van der Waals surface area (Å²) in [5.41, 5.74) is 0. The molecule has 0 bridgehead atoms. The molecular formula is C11H17N4. The van der Waals surface area contributed by atoms with E-state index in [2.05, 4.69) is 39.9 Å². The summed E-state index contributed by atoms with van der Waals surface area (Å²) in [5, 5.41) is 0. The fourth-order valence-corrected chi connectivity index (χ4v) is 2.00. The van der Waals surface area contributed by atoms with Gasteiger partial charge in [-0.1, -0.05) is 0 Å². The standard InChI is InChI=1S/C11H17N4/c1-14(2)10-4-8-15(9-5-10)11-12-6-3-7-13-11/h6-7,10H,4-5,8-9H2,1-2H3. The van der Waals surface area contributed by atoms with Gasteiger partial charge in [-0.3, -0.25) is 0 Å². The molecular weight excluding hydrogens is 188 g/mol. The molecule has 1 saturated heterocycles. The molecule has 0 N–H and O–H groups in total. The van der Waals surface area contributed by atoms with Crippen molar-refractivity contribution in [2.24, 2.45) is 0 Å². The summed E-state index contributed by atoms with van der Waals surface area (Å²) < 4.78 is 0. The van der Waals surface area contributed by atoms with Crippen molar-refractivity contribution in [3.8, 4) is 0 Å². The number of hydrogen-bond acceptors (Lipinski definition) is 4. The van der Waals surface area contributed by atoms with Crippen LogP contribution in [0.1, 0.15) is 12.8 Å². The van der Waals surface area contributed by atoms with Gasteiger partial charge < -0.3 is 9.80 Å². The second-order valence-corrected chi connectivity index (χ2v) is 4.16. The highest BCUT2D eigenvalue weighted by Crippen LogP contribution is 2.17. The van der Waals surface area contributed by atoms with Gasteiger partial charge >= 0.3 is 0 Å². The molecule has 0 amide bonds. The second-order valence-electron chi connectivity index (χ2n) is 4.16. The molecule has 0 aromatic carbocycles. The smallest absolute Gasteiger partial charge is 0.225 e. The van der Waals surface area contributed by atoms with Crippen molar-refractivity contribution in [2.75, 3.05) is 32.1 Å². The number of aromatic nitrogens is 2. The van der Waals surface area contributed by atoms with Gasteiger partial charge in [-0.2, -0.15) is 0 Å². The van der Waals surface area contributed by atoms with Crippen LogP contribution in [0.15, 0.2) is 12.4 Å². The lowest BCUT2D eigenvalue weighted by atomic mass is 10.0. The molecule has 15 heavy (non-hydrogen) atoms. The number of nitrogens with zero attached hydrogens (tertiary/aromatic N) is 4. The second kappa shape index (κ2) is 4.57. The molecule has 1 aliphatic rings. The summed E-state index contributed by atoms with van der Waals surface area (Å²) in [6, 6.07) is 3.55. The predicted octanol–water partition coefficient (Wildman–Crippen LogP) is 0.807. The van der Waals surface area contributed by atoms with Crippen LogP contribution in [0.25, 0.3) is 0 Å². The highest BCUT2D eigenvalue weighted by molar-refractivity contribution is 5.28. The van der Waals surface area contributed by atoms with Gasteiger partial charge in [0.1, 0.15) is 0 Å². The van der Waals surface area contributed by atoms with Crippen LogP contribution in [0.5, 0.6) is 0 Å². The Bertz CT molecular complexity index is 291. The van der Waals surface area contributed by atoms with E-state index in [0.29, 0.717) is 6.04 Å². The minimum atomic E-state index is 0.705. The van der Waals surface area contributed by atoms with Gasteiger partial charge in [0.25, 0.3) is 0 Å². The number of rotatable bonds is 2. The molecule has 4 nitrogen and oxygen atoms in total. The first-order chi connectivity index (χ1) is 7.27. The van der Waals surface area contributed by atoms with E-state index in [1.54, 1.807) is 12.4 Å². The minimum absolute atomic E-state index is 0.705. The Morgan fingerprint density at radius 2 is 1.87 bits per heavy atom. The van der Waals surface area contributed by atoms with Gasteiger partial charge in [-0.25, -0.2) is 9.97 Å². The van der Waals surface area contributed by atoms with E-state index in [1.165, 1.54) is 12.8 Å². The third-order valence-corrected chi connectivity index (χ3v) is 2.99. The summed E-state index contributed by atoms with van der Waals surface area (Å²) >= 11 is 0. The summed E-state index contributed by atoms with van der Waals surface area (Å²) in [4.78, 5) is 13.0. The van der Waals surface area contributed by atoms with Crippen molar-refractivity contribution in [2.45, 2.75) is 18.9 Å². The number of hydrogen-bond donors (Lipinski definition) is 0. The molecule has 1 aromatic rings. The first-order valence-electron chi connectivity index (χ1n) is 5.37. The highest BCUT2D eigenvalue weighted by atomic mass is 15.3. The van der Waals surface area contributed by atoms with Gasteiger partial charge in [-0.15, -0.1) is 0 Å². The van der Waals surface area contributed by atoms with Crippen LogP contribution in [0.4, 0.5) is 5.95 Å². The number of anilines is 1. The van der Waals surface area contributed by atoms with E-state index in [9.17, 15) is 0 Å². The van der Waals surface area contributed by atoms with Gasteiger partial charge in [0, 0.05) is 37.6 Å². The zero-order valence-corrected chi connectivity index (χ0v) is 9.35. The van der Waals surface area contributed by atoms with Gasteiger partial charge in [-0.05, 0) is 26.9 Å². The Labute approximate surface area is 90.9 Å². The maximum absolute atomic E-state index is 4.22. The molecule has 4 heteroatoms. The topological polar surface area (TPSA) is 32.3 Å². The zero-order chi connectivity index (χ0) is 10.7. The lowest BCUT2D eigenvalue weighted by Gasteiger charge is -2.35. The quantitative estimate of drug-likeness (QED) is 0.715. The zero-order valence-electron chi connectivity index (χ0n) is 9.35. The summed E-state index contributed by atoms with van der Waals surface area (Å²) in [7, 11) is 4.29. The maximum Gasteiger partial charge on any atom is 0.225 e. The van der Waals surface area contributed by atoms with Gasteiger partial charge in [0.2, 0.25) is 5.95 Å². The summed E-state index contributed by atoms with van der Waals surface area (Å²) in [6.45, 7) is 2.10. The fraction of sp³-hybridized carbons (Fsp3) is 0.636. The largest absolute Gasteiger partial charge is 0.341 e. The third-order valence-electron chi connectivity index (χ3n) is 2.99. The average Bonchev–Trinajstić information content (AvgIpc) is 2.30. The van der Waals surface area contributed by atoms with Crippen molar-refractivity contribution in [3.05, 3.63) is 18.5 Å². The Morgan fingerprint density at radius 1 is 1.27 bits per heavy atom. The molecule has 0 spiro atoms. The first kappa shape index (κ1) is 10.4. The van der Waals surface area contributed by atoms with E-state index in [4.69, 9.17) is 0 Å². The molecule has 0 atom stereocenters. The molecule has 1 fully saturated rings. The van der Waals surface area contributed by atoms with Crippen molar-refractivity contribution < 1.29 is 0 Å². The highest BCUT2D eigenvalue weighted by Gasteiger charge is 2.21. The van der Waals surface area contributed by atoms with E-state index in [-0.39, 0.29) is 0 Å². The van der Waals surface area contributed by atoms with Crippen LogP contribution >= 0.6 is 0 Å². The van der Waals surface area contributed by atoms with Crippen molar-refractivity contribution >= 4 is 5.95 Å². The van der Waals surface area contributed by atoms with Crippen molar-refractivity contribution in [1.82, 2.24) is 14.9 Å². The van der Waals surface area contributed by atoms with Crippen molar-refractivity contribution in [1.29, 1.82) is 0 Å². The van der Waals surface area contributed by atoms with Crippen LogP contribution < -0.4 is 4.90 Å². The molecule has 0 aliphatic carbocycles. The Hall–Kier alpha value is -1.16. The monoisotopic (exact) mass is 205 g/mol. The molecule has 2 heterocycles. The van der Waals surface area contributed by atoms with Crippen LogP contribution in [-0.2, 0) is 0 Å². The lowest BCUT2D eigenvalue weighted by Crippen LogP contribution is -2.42. The van der Waals surface area contributed by atoms with Crippen molar-refractivity contribution in [3.63, 3.8) is 0 Å². The van der Waals surface area contributed by atoms with Gasteiger partial charge in [0.15, 0.2) is 0 Å². The molecule has 2 rings (SSSR count). The first-order valence-corrected chi connectivity index (χ1v) is 5.37. The molecule has 0 saturated carbocycles. The molecule has 1 aromatic heterocycles. The molecule has 1 radical (unpaired) electrons. The summed E-state index contributed by atoms with van der Waals surface area (Å²) in [5.74, 6) is 0.839. The van der Waals surface area contributed by atoms with Crippen LogP contribution in [0.2, 0.25) is 0 Å². The Kier molecular flexibility index (Phi) is 3.16. The lowest BCUT2D eigenvalue weighted by molar-refractivity contribution is 0.249. The SMILES string of the molecule is CN(C)C1CCN(c2nc[c]cn2)CC1. The predicted molar refractivity (Wildman–Crippen MR) is 59.8 cm³/mol. The van der Waals surface area contributed by atoms with Crippen LogP contribution in [-0.4, -0.2) is 48.1 Å². The van der Waals surface area contributed by atoms with E-state index in [0.717, 1.165) is 19.0 Å².